The first kappa shape index (κ1) is 24.4. The first-order valence-electron chi connectivity index (χ1n) is 7.64. The van der Waals surface area contributed by atoms with Crippen molar-refractivity contribution in [2.75, 3.05) is 0 Å². The van der Waals surface area contributed by atoms with Crippen molar-refractivity contribution in [3.63, 3.8) is 0 Å². The van der Waals surface area contributed by atoms with Gasteiger partial charge in [0.25, 0.3) is 15.9 Å². The summed E-state index contributed by atoms with van der Waals surface area (Å²) in [5.41, 5.74) is -5.23. The van der Waals surface area contributed by atoms with Crippen LogP contribution in [-0.4, -0.2) is 18.9 Å². The maximum Gasteiger partial charge on any atom is 0.416 e. The molecule has 1 aromatic carbocycles. The lowest BCUT2D eigenvalue weighted by Crippen LogP contribution is -2.31. The van der Waals surface area contributed by atoms with Gasteiger partial charge >= 0.3 is 12.4 Å². The summed E-state index contributed by atoms with van der Waals surface area (Å²) in [6.07, 6.45) is -6.53. The zero-order valence-corrected chi connectivity index (χ0v) is 15.5. The van der Waals surface area contributed by atoms with E-state index >= 15 is 0 Å². The van der Waals surface area contributed by atoms with E-state index in [0.29, 0.717) is 0 Å². The monoisotopic (exact) mass is 445 g/mol. The summed E-state index contributed by atoms with van der Waals surface area (Å²) in [6, 6.07) is -0.409. The Kier molecular flexibility index (Phi) is 7.41. The van der Waals surface area contributed by atoms with Crippen LogP contribution < -0.4 is 0 Å². The van der Waals surface area contributed by atoms with Gasteiger partial charge in [0.1, 0.15) is 0 Å². The van der Waals surface area contributed by atoms with E-state index in [1.54, 1.807) is 0 Å². The minimum absolute atomic E-state index is 0.0670. The first-order valence-corrected chi connectivity index (χ1v) is 9.08. The molecular weight excluding hydrogens is 431 g/mol. The van der Waals surface area contributed by atoms with Crippen molar-refractivity contribution >= 4 is 15.9 Å². The molecule has 0 spiro atoms. The smallest absolute Gasteiger partial charge is 0.265 e. The van der Waals surface area contributed by atoms with Crippen molar-refractivity contribution < 1.29 is 44.0 Å². The standard InChI is InChI=1S/C17H14F7NO3S/c1-3-5-7-14(6-4-2)29(27,28)25(24)15(26)11-8-12(16(18,19)20)10-13(9-11)17(21,22)23/h3-5,7-10H,2,6H2,1H3/b5-3-,14-7+. The molecule has 0 bridgehead atoms. The third-order valence-electron chi connectivity index (χ3n) is 3.36. The molecule has 0 aliphatic carbocycles. The highest BCUT2D eigenvalue weighted by Crippen LogP contribution is 2.37. The zero-order valence-electron chi connectivity index (χ0n) is 14.7. The maximum atomic E-state index is 14.4. The van der Waals surface area contributed by atoms with Crippen LogP contribution in [0.2, 0.25) is 0 Å². The molecule has 29 heavy (non-hydrogen) atoms. The van der Waals surface area contributed by atoms with E-state index < -0.39 is 60.8 Å². The van der Waals surface area contributed by atoms with Crippen LogP contribution >= 0.6 is 0 Å². The highest BCUT2D eigenvalue weighted by Gasteiger charge is 2.39. The molecule has 0 saturated carbocycles. The Labute approximate surface area is 161 Å². The van der Waals surface area contributed by atoms with E-state index in [9.17, 15) is 44.0 Å². The molecule has 0 fully saturated rings. The Hall–Kier alpha value is -2.63. The van der Waals surface area contributed by atoms with E-state index in [1.165, 1.54) is 19.1 Å². The second-order valence-corrected chi connectivity index (χ2v) is 7.27. The molecule has 1 amide bonds. The summed E-state index contributed by atoms with van der Waals surface area (Å²) in [5.74, 6) is -2.21. The van der Waals surface area contributed by atoms with E-state index in [1.807, 2.05) is 0 Å². The number of nitrogens with zero attached hydrogens (tertiary/aromatic N) is 1. The zero-order chi connectivity index (χ0) is 22.6. The third kappa shape index (κ3) is 5.92. The number of carbonyl (C=O) groups is 1. The van der Waals surface area contributed by atoms with Crippen molar-refractivity contribution in [2.45, 2.75) is 25.7 Å². The molecule has 0 aromatic heterocycles. The van der Waals surface area contributed by atoms with Gasteiger partial charge < -0.3 is 0 Å². The summed E-state index contributed by atoms with van der Waals surface area (Å²) in [6.45, 7) is 4.75. The molecule has 0 aliphatic heterocycles. The number of carbonyl (C=O) groups excluding carboxylic acids is 1. The van der Waals surface area contributed by atoms with E-state index in [2.05, 4.69) is 6.58 Å². The van der Waals surface area contributed by atoms with Gasteiger partial charge in [-0.1, -0.05) is 27.2 Å². The molecule has 4 nitrogen and oxygen atoms in total. The fourth-order valence-corrected chi connectivity index (χ4v) is 3.11. The van der Waals surface area contributed by atoms with E-state index in [0.717, 1.165) is 12.2 Å². The maximum absolute atomic E-state index is 14.4. The predicted molar refractivity (Wildman–Crippen MR) is 90.4 cm³/mol. The van der Waals surface area contributed by atoms with Crippen LogP contribution in [0.3, 0.4) is 0 Å². The summed E-state index contributed by atoms with van der Waals surface area (Å²) in [7, 11) is -5.19. The van der Waals surface area contributed by atoms with Crippen LogP contribution in [-0.2, 0) is 22.4 Å². The number of amides is 1. The van der Waals surface area contributed by atoms with E-state index in [4.69, 9.17) is 0 Å². The summed E-state index contributed by atoms with van der Waals surface area (Å²) < 4.78 is 115. The lowest BCUT2D eigenvalue weighted by Gasteiger charge is -2.17. The van der Waals surface area contributed by atoms with Crippen LogP contribution in [0.5, 0.6) is 0 Å². The Bertz CT molecular complexity index is 913. The number of hydrogen-bond donors (Lipinski definition) is 0. The molecule has 160 valence electrons. The number of halogens is 7. The molecule has 12 heteroatoms. The minimum Gasteiger partial charge on any atom is -0.265 e. The number of rotatable bonds is 6. The van der Waals surface area contributed by atoms with Gasteiger partial charge in [-0.25, -0.2) is 0 Å². The van der Waals surface area contributed by atoms with Crippen LogP contribution in [0.1, 0.15) is 34.8 Å². The normalized spacial score (nSPS) is 13.6. The molecule has 1 rings (SSSR count). The molecule has 0 saturated heterocycles. The minimum atomic E-state index is -5.30. The molecule has 0 unspecified atom stereocenters. The van der Waals surface area contributed by atoms with E-state index in [-0.39, 0.29) is 18.2 Å². The molecule has 1 aromatic rings. The predicted octanol–water partition coefficient (Wildman–Crippen LogP) is 5.42. The van der Waals surface area contributed by atoms with Gasteiger partial charge in [0.05, 0.1) is 16.0 Å². The Morgan fingerprint density at radius 1 is 1.07 bits per heavy atom. The molecule has 0 atom stereocenters. The summed E-state index contributed by atoms with van der Waals surface area (Å²) >= 11 is 0. The second-order valence-electron chi connectivity index (χ2n) is 5.47. The van der Waals surface area contributed by atoms with Gasteiger partial charge in [-0.3, -0.25) is 4.79 Å². The molecular formula is C17H14F7NO3S. The number of hydrogen-bond acceptors (Lipinski definition) is 3. The lowest BCUT2D eigenvalue weighted by atomic mass is 10.0. The second kappa shape index (κ2) is 8.80. The van der Waals surface area contributed by atoms with Crippen LogP contribution in [0, 0.1) is 0 Å². The number of allylic oxidation sites excluding steroid dienone is 5. The van der Waals surface area contributed by atoms with Crippen molar-refractivity contribution in [3.05, 3.63) is 70.7 Å². The largest absolute Gasteiger partial charge is 0.416 e. The SMILES string of the molecule is C=CC/C(=C\C=C/C)S(=O)(=O)N(F)C(=O)c1cc(C(F)(F)F)cc(C(F)(F)F)c1. The average molecular weight is 445 g/mol. The molecule has 0 N–H and O–H groups in total. The van der Waals surface area contributed by atoms with Gasteiger partial charge in [-0.2, -0.15) is 34.8 Å². The number of sulfonamides is 1. The van der Waals surface area contributed by atoms with Crippen molar-refractivity contribution in [1.82, 2.24) is 4.53 Å². The fraction of sp³-hybridized carbons (Fsp3) is 0.235. The molecule has 0 radical (unpaired) electrons. The highest BCUT2D eigenvalue weighted by molar-refractivity contribution is 7.93. The quantitative estimate of drug-likeness (QED) is 0.254. The van der Waals surface area contributed by atoms with Crippen LogP contribution in [0.25, 0.3) is 0 Å². The van der Waals surface area contributed by atoms with Crippen LogP contribution in [0.15, 0.2) is 54.0 Å². The Balaban J connectivity index is 3.54. The van der Waals surface area contributed by atoms with Crippen LogP contribution in [0.4, 0.5) is 30.8 Å². The summed E-state index contributed by atoms with van der Waals surface area (Å²) in [4.78, 5) is 11.4. The van der Waals surface area contributed by atoms with Gasteiger partial charge in [0, 0.05) is 12.0 Å². The Morgan fingerprint density at radius 3 is 1.93 bits per heavy atom. The molecule has 0 heterocycles. The first-order chi connectivity index (χ1) is 13.2. The summed E-state index contributed by atoms with van der Waals surface area (Å²) in [5, 5.41) is 0. The average Bonchev–Trinajstić information content (AvgIpc) is 2.61. The number of alkyl halides is 6. The fourth-order valence-electron chi connectivity index (χ4n) is 2.00. The Morgan fingerprint density at radius 2 is 1.55 bits per heavy atom. The van der Waals surface area contributed by atoms with Gasteiger partial charge in [-0.15, -0.1) is 6.58 Å². The topological polar surface area (TPSA) is 54.5 Å². The lowest BCUT2D eigenvalue weighted by molar-refractivity contribution is -0.143. The van der Waals surface area contributed by atoms with Crippen molar-refractivity contribution in [3.8, 4) is 0 Å². The van der Waals surface area contributed by atoms with Crippen molar-refractivity contribution in [1.29, 1.82) is 0 Å². The van der Waals surface area contributed by atoms with Gasteiger partial charge in [-0.05, 0) is 31.2 Å². The van der Waals surface area contributed by atoms with Gasteiger partial charge in [0.15, 0.2) is 0 Å². The third-order valence-corrected chi connectivity index (χ3v) is 4.91. The van der Waals surface area contributed by atoms with Crippen molar-refractivity contribution in [2.24, 2.45) is 0 Å². The van der Waals surface area contributed by atoms with Gasteiger partial charge in [0.2, 0.25) is 0 Å². The molecule has 0 aliphatic rings. The highest BCUT2D eigenvalue weighted by atomic mass is 32.2. The number of benzene rings is 1.